The minimum atomic E-state index is -0.0980. The standard InChI is InChI=1S/C23H21N3OS2/c1-2-17-15-18(23(29-17)26-22(27)16-9-4-3-5-10-16)21(19-11-8-14-28-19)25-20-12-6-7-13-24-20/h3-15,21H,2H2,1H3,(H,24,25)(H,26,27)/t21-/m1/s1. The Bertz CT molecular complexity index is 1060. The quantitative estimate of drug-likeness (QED) is 0.374. The second-order valence-electron chi connectivity index (χ2n) is 6.48. The Morgan fingerprint density at radius 1 is 1.07 bits per heavy atom. The summed E-state index contributed by atoms with van der Waals surface area (Å²) in [7, 11) is 0. The average molecular weight is 420 g/mol. The molecule has 0 bridgehead atoms. The van der Waals surface area contributed by atoms with Gasteiger partial charge < -0.3 is 10.6 Å². The zero-order valence-corrected chi connectivity index (χ0v) is 17.6. The van der Waals surface area contributed by atoms with Gasteiger partial charge in [-0.05, 0) is 48.2 Å². The van der Waals surface area contributed by atoms with Crippen LogP contribution in [0.15, 0.2) is 78.3 Å². The average Bonchev–Trinajstić information content (AvgIpc) is 3.44. The largest absolute Gasteiger partial charge is 0.358 e. The fourth-order valence-electron chi connectivity index (χ4n) is 3.06. The van der Waals surface area contributed by atoms with Crippen LogP contribution in [0.4, 0.5) is 10.8 Å². The molecule has 2 N–H and O–H groups in total. The monoisotopic (exact) mass is 419 g/mol. The fraction of sp³-hybridized carbons (Fsp3) is 0.130. The van der Waals surface area contributed by atoms with E-state index in [4.69, 9.17) is 0 Å². The maximum Gasteiger partial charge on any atom is 0.256 e. The number of nitrogens with zero attached hydrogens (tertiary/aromatic N) is 1. The number of nitrogens with one attached hydrogen (secondary N) is 2. The lowest BCUT2D eigenvalue weighted by atomic mass is 10.1. The first-order chi connectivity index (χ1) is 14.2. The third-order valence-electron chi connectivity index (χ3n) is 4.52. The molecule has 1 aromatic carbocycles. The number of hydrogen-bond acceptors (Lipinski definition) is 5. The van der Waals surface area contributed by atoms with Gasteiger partial charge in [-0.15, -0.1) is 22.7 Å². The molecule has 0 radical (unpaired) electrons. The Hall–Kier alpha value is -2.96. The number of pyridine rings is 1. The lowest BCUT2D eigenvalue weighted by molar-refractivity contribution is 0.102. The number of aryl methyl sites for hydroxylation is 1. The Balaban J connectivity index is 1.70. The molecule has 29 heavy (non-hydrogen) atoms. The van der Waals surface area contributed by atoms with E-state index in [2.05, 4.69) is 40.1 Å². The summed E-state index contributed by atoms with van der Waals surface area (Å²) in [5, 5.41) is 9.62. The molecule has 1 atom stereocenters. The Labute approximate surface area is 178 Å². The smallest absolute Gasteiger partial charge is 0.256 e. The minimum absolute atomic E-state index is 0.0903. The van der Waals surface area contributed by atoms with Crippen LogP contribution in [0, 0.1) is 0 Å². The number of rotatable bonds is 7. The lowest BCUT2D eigenvalue weighted by Crippen LogP contribution is -2.16. The van der Waals surface area contributed by atoms with Crippen LogP contribution in [0.1, 0.15) is 38.6 Å². The van der Waals surface area contributed by atoms with Crippen LogP contribution in [-0.2, 0) is 6.42 Å². The van der Waals surface area contributed by atoms with Crippen molar-refractivity contribution in [3.05, 3.63) is 99.2 Å². The van der Waals surface area contributed by atoms with E-state index in [1.807, 2.05) is 54.6 Å². The van der Waals surface area contributed by atoms with Gasteiger partial charge in [-0.2, -0.15) is 0 Å². The first-order valence-electron chi connectivity index (χ1n) is 9.44. The van der Waals surface area contributed by atoms with Crippen LogP contribution in [0.3, 0.4) is 0 Å². The predicted molar refractivity (Wildman–Crippen MR) is 122 cm³/mol. The number of benzene rings is 1. The molecule has 0 aliphatic carbocycles. The van der Waals surface area contributed by atoms with Gasteiger partial charge in [-0.25, -0.2) is 4.98 Å². The van der Waals surface area contributed by atoms with Crippen LogP contribution in [0.5, 0.6) is 0 Å². The summed E-state index contributed by atoms with van der Waals surface area (Å²) in [6.45, 7) is 2.13. The third-order valence-corrected chi connectivity index (χ3v) is 6.67. The second-order valence-corrected chi connectivity index (χ2v) is 8.59. The van der Waals surface area contributed by atoms with Crippen molar-refractivity contribution < 1.29 is 4.79 Å². The molecule has 0 saturated carbocycles. The van der Waals surface area contributed by atoms with E-state index in [-0.39, 0.29) is 11.9 Å². The van der Waals surface area contributed by atoms with Gasteiger partial charge >= 0.3 is 0 Å². The van der Waals surface area contributed by atoms with Crippen LogP contribution in [0.25, 0.3) is 0 Å². The molecule has 146 valence electrons. The summed E-state index contributed by atoms with van der Waals surface area (Å²) >= 11 is 3.32. The normalized spacial score (nSPS) is 11.8. The maximum atomic E-state index is 12.8. The van der Waals surface area contributed by atoms with E-state index in [1.165, 1.54) is 9.75 Å². The zero-order chi connectivity index (χ0) is 20.1. The molecule has 0 aliphatic heterocycles. The molecule has 0 saturated heterocycles. The van der Waals surface area contributed by atoms with E-state index in [0.717, 1.165) is 22.8 Å². The van der Waals surface area contributed by atoms with Crippen molar-refractivity contribution in [1.82, 2.24) is 4.98 Å². The van der Waals surface area contributed by atoms with Gasteiger partial charge in [0.1, 0.15) is 10.8 Å². The summed E-state index contributed by atoms with van der Waals surface area (Å²) in [6, 6.07) is 21.4. The van der Waals surface area contributed by atoms with E-state index < -0.39 is 0 Å². The Morgan fingerprint density at radius 3 is 2.59 bits per heavy atom. The highest BCUT2D eigenvalue weighted by Crippen LogP contribution is 2.39. The number of thiophene rings is 2. The SMILES string of the molecule is CCc1cc([C@@H](Nc2ccccn2)c2cccs2)c(NC(=O)c2ccccc2)s1. The van der Waals surface area contributed by atoms with Crippen LogP contribution < -0.4 is 10.6 Å². The lowest BCUT2D eigenvalue weighted by Gasteiger charge is -2.19. The van der Waals surface area contributed by atoms with Crippen LogP contribution in [-0.4, -0.2) is 10.9 Å². The summed E-state index contributed by atoms with van der Waals surface area (Å²) in [4.78, 5) is 19.6. The first-order valence-corrected chi connectivity index (χ1v) is 11.1. The molecule has 6 heteroatoms. The zero-order valence-electron chi connectivity index (χ0n) is 16.0. The summed E-state index contributed by atoms with van der Waals surface area (Å²) in [5.74, 6) is 0.703. The van der Waals surface area contributed by atoms with Crippen molar-refractivity contribution in [1.29, 1.82) is 0 Å². The van der Waals surface area contributed by atoms with Gasteiger partial charge in [-0.1, -0.05) is 37.3 Å². The number of hydrogen-bond donors (Lipinski definition) is 2. The second kappa shape index (κ2) is 9.03. The number of aromatic nitrogens is 1. The van der Waals surface area contributed by atoms with Crippen molar-refractivity contribution in [2.45, 2.75) is 19.4 Å². The van der Waals surface area contributed by atoms with E-state index in [0.29, 0.717) is 5.56 Å². The molecule has 3 aromatic heterocycles. The van der Waals surface area contributed by atoms with Gasteiger partial charge in [0.25, 0.3) is 5.91 Å². The highest BCUT2D eigenvalue weighted by atomic mass is 32.1. The molecular formula is C23H21N3OS2. The van der Waals surface area contributed by atoms with Gasteiger partial charge in [0, 0.05) is 27.1 Å². The third kappa shape index (κ3) is 4.55. The first kappa shape index (κ1) is 19.4. The van der Waals surface area contributed by atoms with E-state index in [9.17, 15) is 4.79 Å². The molecule has 3 heterocycles. The summed E-state index contributed by atoms with van der Waals surface area (Å²) < 4.78 is 0. The van der Waals surface area contributed by atoms with Crippen molar-refractivity contribution in [3.63, 3.8) is 0 Å². The van der Waals surface area contributed by atoms with E-state index >= 15 is 0 Å². The van der Waals surface area contributed by atoms with Crippen molar-refractivity contribution in [2.75, 3.05) is 10.6 Å². The molecule has 4 rings (SSSR count). The van der Waals surface area contributed by atoms with Crippen LogP contribution in [0.2, 0.25) is 0 Å². The number of carbonyl (C=O) groups excluding carboxylic acids is 1. The van der Waals surface area contributed by atoms with Crippen LogP contribution >= 0.6 is 22.7 Å². The molecule has 0 spiro atoms. The van der Waals surface area contributed by atoms with Gasteiger partial charge in [0.05, 0.1) is 6.04 Å². The number of amides is 1. The molecule has 1 amide bonds. The maximum absolute atomic E-state index is 12.8. The fourth-order valence-corrected chi connectivity index (χ4v) is 4.89. The van der Waals surface area contributed by atoms with E-state index in [1.54, 1.807) is 28.9 Å². The molecule has 0 fully saturated rings. The van der Waals surface area contributed by atoms with Crippen molar-refractivity contribution in [3.8, 4) is 0 Å². The number of carbonyl (C=O) groups is 1. The highest BCUT2D eigenvalue weighted by Gasteiger charge is 2.23. The molecular weight excluding hydrogens is 398 g/mol. The van der Waals surface area contributed by atoms with Crippen molar-refractivity contribution in [2.24, 2.45) is 0 Å². The molecule has 4 aromatic rings. The predicted octanol–water partition coefficient (Wildman–Crippen LogP) is 6.22. The van der Waals surface area contributed by atoms with Gasteiger partial charge in [0.15, 0.2) is 0 Å². The molecule has 0 aliphatic rings. The van der Waals surface area contributed by atoms with Gasteiger partial charge in [0.2, 0.25) is 0 Å². The topological polar surface area (TPSA) is 54.0 Å². The highest BCUT2D eigenvalue weighted by molar-refractivity contribution is 7.16. The van der Waals surface area contributed by atoms with Gasteiger partial charge in [-0.3, -0.25) is 4.79 Å². The Kier molecular flexibility index (Phi) is 6.03. The number of anilines is 2. The summed E-state index contributed by atoms with van der Waals surface area (Å²) in [6.07, 6.45) is 2.69. The molecule has 0 unspecified atom stereocenters. The van der Waals surface area contributed by atoms with Crippen molar-refractivity contribution >= 4 is 39.4 Å². The molecule has 4 nitrogen and oxygen atoms in total. The Morgan fingerprint density at radius 2 is 1.90 bits per heavy atom. The minimum Gasteiger partial charge on any atom is -0.358 e. The summed E-state index contributed by atoms with van der Waals surface area (Å²) in [5.41, 5.74) is 1.71.